The summed E-state index contributed by atoms with van der Waals surface area (Å²) in [4.78, 5) is 14.1. The van der Waals surface area contributed by atoms with Gasteiger partial charge < -0.3 is 10.2 Å². The topological polar surface area (TPSA) is 32.3 Å². The van der Waals surface area contributed by atoms with Crippen molar-refractivity contribution >= 4 is 35.1 Å². The van der Waals surface area contributed by atoms with Crippen LogP contribution in [0, 0.1) is 11.6 Å². The molecule has 2 aromatic rings. The summed E-state index contributed by atoms with van der Waals surface area (Å²) in [5.74, 6) is -0.198. The first-order valence-electron chi connectivity index (χ1n) is 7.91. The van der Waals surface area contributed by atoms with Gasteiger partial charge in [0.1, 0.15) is 11.6 Å². The highest BCUT2D eigenvalue weighted by atomic mass is 35.5. The lowest BCUT2D eigenvalue weighted by Crippen LogP contribution is -2.36. The summed E-state index contributed by atoms with van der Waals surface area (Å²) in [6, 6.07) is 10.2. The minimum absolute atomic E-state index is 0.167. The summed E-state index contributed by atoms with van der Waals surface area (Å²) >= 11 is 7.46. The van der Waals surface area contributed by atoms with E-state index in [2.05, 4.69) is 5.32 Å². The Balaban J connectivity index is 1.65. The molecule has 2 aromatic carbocycles. The number of hydrogen-bond acceptors (Lipinski definition) is 2. The van der Waals surface area contributed by atoms with Crippen LogP contribution in [0.2, 0.25) is 5.02 Å². The van der Waals surface area contributed by atoms with E-state index >= 15 is 0 Å². The van der Waals surface area contributed by atoms with Crippen molar-refractivity contribution in [1.82, 2.24) is 4.90 Å². The Labute approximate surface area is 154 Å². The number of halogens is 3. The van der Waals surface area contributed by atoms with Crippen molar-refractivity contribution in [2.24, 2.45) is 0 Å². The van der Waals surface area contributed by atoms with E-state index in [4.69, 9.17) is 11.6 Å². The molecule has 0 aliphatic carbocycles. The van der Waals surface area contributed by atoms with E-state index in [-0.39, 0.29) is 11.3 Å². The van der Waals surface area contributed by atoms with Crippen molar-refractivity contribution in [3.63, 3.8) is 0 Å². The molecule has 132 valence electrons. The van der Waals surface area contributed by atoms with Gasteiger partial charge >= 0.3 is 6.03 Å². The zero-order valence-electron chi connectivity index (χ0n) is 13.3. The van der Waals surface area contributed by atoms with Crippen LogP contribution < -0.4 is 5.32 Å². The van der Waals surface area contributed by atoms with E-state index in [1.807, 2.05) is 0 Å². The molecular weight excluding hydrogens is 366 g/mol. The van der Waals surface area contributed by atoms with Gasteiger partial charge in [-0.15, -0.1) is 0 Å². The van der Waals surface area contributed by atoms with Gasteiger partial charge in [0.05, 0.1) is 0 Å². The summed E-state index contributed by atoms with van der Waals surface area (Å²) < 4.78 is 27.4. The highest BCUT2D eigenvalue weighted by molar-refractivity contribution is 7.99. The number of thioether (sulfide) groups is 1. The maximum Gasteiger partial charge on any atom is 0.321 e. The molecule has 1 atom stereocenters. The molecule has 3 rings (SSSR count). The third-order valence-corrected chi connectivity index (χ3v) is 5.55. The van der Waals surface area contributed by atoms with Crippen LogP contribution >= 0.6 is 23.4 Å². The average Bonchev–Trinajstić information content (AvgIpc) is 2.83. The number of urea groups is 1. The molecule has 7 heteroatoms. The Morgan fingerprint density at radius 2 is 2.04 bits per heavy atom. The van der Waals surface area contributed by atoms with Gasteiger partial charge in [-0.2, -0.15) is 11.8 Å². The molecule has 1 saturated heterocycles. The van der Waals surface area contributed by atoms with Crippen molar-refractivity contribution in [2.45, 2.75) is 11.7 Å². The summed E-state index contributed by atoms with van der Waals surface area (Å²) in [5.41, 5.74) is 0.990. The number of carbonyl (C=O) groups is 1. The van der Waals surface area contributed by atoms with Gasteiger partial charge in [-0.05, 0) is 42.8 Å². The fourth-order valence-electron chi connectivity index (χ4n) is 2.75. The summed E-state index contributed by atoms with van der Waals surface area (Å²) in [5, 5.41) is 3.19. The molecule has 1 unspecified atom stereocenters. The van der Waals surface area contributed by atoms with Gasteiger partial charge in [0.15, 0.2) is 0 Å². The number of carbonyl (C=O) groups excluding carboxylic acids is 1. The van der Waals surface area contributed by atoms with Crippen molar-refractivity contribution in [3.8, 4) is 0 Å². The predicted molar refractivity (Wildman–Crippen MR) is 98.2 cm³/mol. The van der Waals surface area contributed by atoms with Gasteiger partial charge in [-0.1, -0.05) is 17.7 Å². The molecule has 0 saturated carbocycles. The molecule has 1 fully saturated rings. The van der Waals surface area contributed by atoms with Crippen LogP contribution in [0.5, 0.6) is 0 Å². The first kappa shape index (κ1) is 18.0. The maximum atomic E-state index is 14.0. The Bertz CT molecular complexity index is 774. The van der Waals surface area contributed by atoms with Crippen LogP contribution in [-0.4, -0.2) is 29.8 Å². The molecule has 1 N–H and O–H groups in total. The van der Waals surface area contributed by atoms with Crippen molar-refractivity contribution in [1.29, 1.82) is 0 Å². The van der Waals surface area contributed by atoms with E-state index in [0.29, 0.717) is 41.5 Å². The van der Waals surface area contributed by atoms with E-state index < -0.39 is 11.6 Å². The molecule has 0 bridgehead atoms. The summed E-state index contributed by atoms with van der Waals surface area (Å²) in [7, 11) is 0. The Kier molecular flexibility index (Phi) is 5.81. The third-order valence-electron chi connectivity index (χ3n) is 4.01. The minimum Gasteiger partial charge on any atom is -0.324 e. The molecule has 2 amide bonds. The molecule has 0 radical (unpaired) electrons. The van der Waals surface area contributed by atoms with Gasteiger partial charge in [0.25, 0.3) is 0 Å². The van der Waals surface area contributed by atoms with Crippen LogP contribution in [0.3, 0.4) is 0 Å². The molecule has 1 aliphatic rings. The molecule has 3 nitrogen and oxygen atoms in total. The van der Waals surface area contributed by atoms with E-state index in [9.17, 15) is 13.6 Å². The fourth-order valence-corrected chi connectivity index (χ4v) is 4.18. The van der Waals surface area contributed by atoms with Crippen molar-refractivity contribution in [3.05, 3.63) is 64.7 Å². The number of hydrogen-bond donors (Lipinski definition) is 1. The monoisotopic (exact) mass is 382 g/mol. The second-order valence-corrected chi connectivity index (χ2v) is 7.49. The SMILES string of the molecule is O=C(Nc1cccc(Cl)c1)N1CCSC(c2cc(F)ccc2F)CC1. The molecule has 25 heavy (non-hydrogen) atoms. The molecule has 0 spiro atoms. The highest BCUT2D eigenvalue weighted by Crippen LogP contribution is 2.36. The summed E-state index contributed by atoms with van der Waals surface area (Å²) in [6.07, 6.45) is 0.563. The van der Waals surface area contributed by atoms with Gasteiger partial charge in [0.2, 0.25) is 0 Å². The lowest BCUT2D eigenvalue weighted by atomic mass is 10.1. The predicted octanol–water partition coefficient (Wildman–Crippen LogP) is 5.33. The number of nitrogens with zero attached hydrogens (tertiary/aromatic N) is 1. The van der Waals surface area contributed by atoms with E-state index in [1.54, 1.807) is 40.9 Å². The molecular formula is C18H17ClF2N2OS. The smallest absolute Gasteiger partial charge is 0.321 e. The molecule has 0 aromatic heterocycles. The second-order valence-electron chi connectivity index (χ2n) is 5.74. The van der Waals surface area contributed by atoms with Crippen LogP contribution in [0.15, 0.2) is 42.5 Å². The Morgan fingerprint density at radius 3 is 2.84 bits per heavy atom. The largest absolute Gasteiger partial charge is 0.324 e. The normalized spacial score (nSPS) is 17.9. The minimum atomic E-state index is -0.447. The maximum absolute atomic E-state index is 14.0. The lowest BCUT2D eigenvalue weighted by molar-refractivity contribution is 0.215. The second kappa shape index (κ2) is 8.06. The lowest BCUT2D eigenvalue weighted by Gasteiger charge is -2.21. The first-order valence-corrected chi connectivity index (χ1v) is 9.33. The van der Waals surface area contributed by atoms with Crippen LogP contribution in [0.1, 0.15) is 17.2 Å². The average molecular weight is 383 g/mol. The zero-order valence-corrected chi connectivity index (χ0v) is 14.9. The van der Waals surface area contributed by atoms with Crippen molar-refractivity contribution in [2.75, 3.05) is 24.2 Å². The van der Waals surface area contributed by atoms with Crippen LogP contribution in [-0.2, 0) is 0 Å². The Hall–Kier alpha value is -1.79. The van der Waals surface area contributed by atoms with Crippen LogP contribution in [0.4, 0.5) is 19.3 Å². The first-order chi connectivity index (χ1) is 12.0. The fraction of sp³-hybridized carbons (Fsp3) is 0.278. The standard InChI is InChI=1S/C18H17ClF2N2OS/c19-12-2-1-3-14(10-12)22-18(24)23-7-6-17(25-9-8-23)15-11-13(20)4-5-16(15)21/h1-5,10-11,17H,6-9H2,(H,22,24). The van der Waals surface area contributed by atoms with Crippen LogP contribution in [0.25, 0.3) is 0 Å². The zero-order chi connectivity index (χ0) is 17.8. The van der Waals surface area contributed by atoms with Gasteiger partial charge in [-0.3, -0.25) is 0 Å². The number of amides is 2. The van der Waals surface area contributed by atoms with Gasteiger partial charge in [0, 0.05) is 40.4 Å². The summed E-state index contributed by atoms with van der Waals surface area (Å²) in [6.45, 7) is 1.02. The van der Waals surface area contributed by atoms with Gasteiger partial charge in [-0.25, -0.2) is 13.6 Å². The number of benzene rings is 2. The highest BCUT2D eigenvalue weighted by Gasteiger charge is 2.24. The Morgan fingerprint density at radius 1 is 1.20 bits per heavy atom. The van der Waals surface area contributed by atoms with E-state index in [0.717, 1.165) is 12.1 Å². The number of rotatable bonds is 2. The molecule has 1 heterocycles. The molecule has 1 aliphatic heterocycles. The quantitative estimate of drug-likeness (QED) is 0.761. The third kappa shape index (κ3) is 4.64. The van der Waals surface area contributed by atoms with E-state index in [1.165, 1.54) is 6.07 Å². The number of anilines is 1. The van der Waals surface area contributed by atoms with Crippen molar-refractivity contribution < 1.29 is 13.6 Å². The number of nitrogens with one attached hydrogen (secondary N) is 1.